The molecule has 8 nitrogen and oxygen atoms in total. The standard InChI is InChI=1S/C19H19Cl2N3O5S/c1-29-17-10-12(9-15(21)18(17)25)11-22-23-19(26)16-3-2-8-24(16)30(27,28)14-6-4-13(20)5-7-14/h4-7,9-11,16,25H,2-3,8H2,1H3,(H,23,26)/b22-11-. The maximum absolute atomic E-state index is 12.9. The van der Waals surface area contributed by atoms with Crippen LogP contribution in [0.15, 0.2) is 46.4 Å². The number of ether oxygens (including phenoxy) is 1. The van der Waals surface area contributed by atoms with Crippen LogP contribution in [0, 0.1) is 0 Å². The minimum absolute atomic E-state index is 0.0677. The van der Waals surface area contributed by atoms with E-state index >= 15 is 0 Å². The second kappa shape index (κ2) is 9.22. The van der Waals surface area contributed by atoms with Crippen molar-refractivity contribution in [1.29, 1.82) is 0 Å². The third-order valence-corrected chi connectivity index (χ3v) is 7.05. The number of rotatable bonds is 6. The van der Waals surface area contributed by atoms with Crippen molar-refractivity contribution < 1.29 is 23.1 Å². The molecule has 11 heteroatoms. The molecule has 0 radical (unpaired) electrons. The number of hydrogen-bond acceptors (Lipinski definition) is 6. The predicted molar refractivity (Wildman–Crippen MR) is 114 cm³/mol. The second-order valence-corrected chi connectivity index (χ2v) is 9.25. The first-order chi connectivity index (χ1) is 14.2. The van der Waals surface area contributed by atoms with Crippen LogP contribution in [0.2, 0.25) is 10.0 Å². The zero-order valence-corrected chi connectivity index (χ0v) is 18.2. The third kappa shape index (κ3) is 4.70. The summed E-state index contributed by atoms with van der Waals surface area (Å²) in [5.74, 6) is -0.584. The zero-order valence-electron chi connectivity index (χ0n) is 15.9. The molecule has 1 atom stereocenters. The Hall–Kier alpha value is -2.33. The van der Waals surface area contributed by atoms with Gasteiger partial charge in [-0.05, 0) is 54.8 Å². The first kappa shape index (κ1) is 22.4. The van der Waals surface area contributed by atoms with Gasteiger partial charge in [0.2, 0.25) is 10.0 Å². The van der Waals surface area contributed by atoms with E-state index in [0.717, 1.165) is 0 Å². The molecule has 0 saturated carbocycles. The maximum Gasteiger partial charge on any atom is 0.258 e. The summed E-state index contributed by atoms with van der Waals surface area (Å²) in [4.78, 5) is 12.6. The number of carbonyl (C=O) groups excluding carboxylic acids is 1. The summed E-state index contributed by atoms with van der Waals surface area (Å²) in [6, 6.07) is 7.85. The van der Waals surface area contributed by atoms with Gasteiger partial charge in [-0.3, -0.25) is 4.79 Å². The number of nitrogens with one attached hydrogen (secondary N) is 1. The van der Waals surface area contributed by atoms with Crippen molar-refractivity contribution in [3.8, 4) is 11.5 Å². The average Bonchev–Trinajstić information content (AvgIpc) is 3.21. The summed E-state index contributed by atoms with van der Waals surface area (Å²) < 4.78 is 32.0. The number of halogens is 2. The Bertz CT molecular complexity index is 1070. The van der Waals surface area contributed by atoms with E-state index in [1.807, 2.05) is 0 Å². The Labute approximate surface area is 184 Å². The number of carbonyl (C=O) groups is 1. The van der Waals surface area contributed by atoms with Gasteiger partial charge in [-0.15, -0.1) is 0 Å². The summed E-state index contributed by atoms with van der Waals surface area (Å²) in [5, 5.41) is 14.1. The highest BCUT2D eigenvalue weighted by Gasteiger charge is 2.39. The van der Waals surface area contributed by atoms with Crippen LogP contribution in [0.3, 0.4) is 0 Å². The van der Waals surface area contributed by atoms with Crippen LogP contribution in [0.1, 0.15) is 18.4 Å². The molecule has 1 fully saturated rings. The van der Waals surface area contributed by atoms with Crippen LogP contribution >= 0.6 is 23.2 Å². The van der Waals surface area contributed by atoms with Crippen LogP contribution in [0.5, 0.6) is 11.5 Å². The summed E-state index contributed by atoms with van der Waals surface area (Å²) in [5.41, 5.74) is 2.84. The van der Waals surface area contributed by atoms with Crippen molar-refractivity contribution in [1.82, 2.24) is 9.73 Å². The molecule has 0 aromatic heterocycles. The Kier molecular flexibility index (Phi) is 6.87. The highest BCUT2D eigenvalue weighted by atomic mass is 35.5. The van der Waals surface area contributed by atoms with E-state index < -0.39 is 22.0 Å². The lowest BCUT2D eigenvalue weighted by Gasteiger charge is -2.22. The summed E-state index contributed by atoms with van der Waals surface area (Å²) in [7, 11) is -2.47. The maximum atomic E-state index is 12.9. The lowest BCUT2D eigenvalue weighted by Crippen LogP contribution is -2.44. The van der Waals surface area contributed by atoms with Gasteiger partial charge in [-0.2, -0.15) is 9.41 Å². The van der Waals surface area contributed by atoms with E-state index in [-0.39, 0.29) is 28.0 Å². The molecule has 160 valence electrons. The molecule has 1 unspecified atom stereocenters. The molecule has 2 aromatic carbocycles. The van der Waals surface area contributed by atoms with E-state index in [0.29, 0.717) is 23.4 Å². The highest BCUT2D eigenvalue weighted by molar-refractivity contribution is 7.89. The molecule has 1 heterocycles. The number of phenolic OH excluding ortho intramolecular Hbond substituents is 1. The summed E-state index contributed by atoms with van der Waals surface area (Å²) >= 11 is 11.7. The number of sulfonamides is 1. The van der Waals surface area contributed by atoms with Crippen LogP contribution in [-0.4, -0.2) is 49.6 Å². The van der Waals surface area contributed by atoms with Crippen molar-refractivity contribution in [3.63, 3.8) is 0 Å². The number of methoxy groups -OCH3 is 1. The largest absolute Gasteiger partial charge is 0.503 e. The molecule has 1 aliphatic heterocycles. The fourth-order valence-corrected chi connectivity index (χ4v) is 5.10. The van der Waals surface area contributed by atoms with Gasteiger partial charge in [0, 0.05) is 11.6 Å². The molecular weight excluding hydrogens is 453 g/mol. The molecule has 0 spiro atoms. The summed E-state index contributed by atoms with van der Waals surface area (Å²) in [6.07, 6.45) is 2.26. The van der Waals surface area contributed by atoms with Crippen LogP contribution in [0.25, 0.3) is 0 Å². The number of benzene rings is 2. The van der Waals surface area contributed by atoms with Gasteiger partial charge in [0.15, 0.2) is 11.5 Å². The lowest BCUT2D eigenvalue weighted by molar-refractivity contribution is -0.124. The van der Waals surface area contributed by atoms with Crippen molar-refractivity contribution in [3.05, 3.63) is 52.0 Å². The number of nitrogens with zero attached hydrogens (tertiary/aromatic N) is 2. The smallest absolute Gasteiger partial charge is 0.258 e. The molecule has 0 bridgehead atoms. The van der Waals surface area contributed by atoms with Gasteiger partial charge in [-0.1, -0.05) is 23.2 Å². The lowest BCUT2D eigenvalue weighted by atomic mass is 10.2. The fourth-order valence-electron chi connectivity index (χ4n) is 3.10. The van der Waals surface area contributed by atoms with Gasteiger partial charge < -0.3 is 9.84 Å². The van der Waals surface area contributed by atoms with Gasteiger partial charge in [0.1, 0.15) is 6.04 Å². The number of hydrazone groups is 1. The molecule has 3 rings (SSSR count). The van der Waals surface area contributed by atoms with Crippen molar-refractivity contribution in [2.45, 2.75) is 23.8 Å². The quantitative estimate of drug-likeness (QED) is 0.497. The Morgan fingerprint density at radius 3 is 2.67 bits per heavy atom. The zero-order chi connectivity index (χ0) is 21.9. The minimum atomic E-state index is -3.85. The minimum Gasteiger partial charge on any atom is -0.503 e. The monoisotopic (exact) mass is 471 g/mol. The summed E-state index contributed by atoms with van der Waals surface area (Å²) in [6.45, 7) is 0.234. The van der Waals surface area contributed by atoms with Gasteiger partial charge in [0.05, 0.1) is 23.2 Å². The molecule has 1 amide bonds. The molecule has 1 aliphatic rings. The highest BCUT2D eigenvalue weighted by Crippen LogP contribution is 2.34. The molecular formula is C19H19Cl2N3O5S. The Morgan fingerprint density at radius 1 is 1.30 bits per heavy atom. The van der Waals surface area contributed by atoms with Crippen LogP contribution < -0.4 is 10.2 Å². The topological polar surface area (TPSA) is 108 Å². The van der Waals surface area contributed by atoms with Gasteiger partial charge >= 0.3 is 0 Å². The Balaban J connectivity index is 1.73. The van der Waals surface area contributed by atoms with Gasteiger partial charge in [-0.25, -0.2) is 13.8 Å². The van der Waals surface area contributed by atoms with Gasteiger partial charge in [0.25, 0.3) is 5.91 Å². The molecule has 30 heavy (non-hydrogen) atoms. The molecule has 2 aromatic rings. The normalized spacial score (nSPS) is 17.4. The van der Waals surface area contributed by atoms with E-state index in [1.165, 1.54) is 54.0 Å². The molecule has 2 N–H and O–H groups in total. The van der Waals surface area contributed by atoms with E-state index in [4.69, 9.17) is 27.9 Å². The number of hydrogen-bond donors (Lipinski definition) is 2. The van der Waals surface area contributed by atoms with E-state index in [9.17, 15) is 18.3 Å². The van der Waals surface area contributed by atoms with Crippen molar-refractivity contribution >= 4 is 45.3 Å². The second-order valence-electron chi connectivity index (χ2n) is 6.52. The molecule has 0 aliphatic carbocycles. The van der Waals surface area contributed by atoms with Crippen molar-refractivity contribution in [2.24, 2.45) is 5.10 Å². The molecule has 1 saturated heterocycles. The number of phenols is 1. The third-order valence-electron chi connectivity index (χ3n) is 4.59. The van der Waals surface area contributed by atoms with Crippen LogP contribution in [-0.2, 0) is 14.8 Å². The SMILES string of the molecule is COc1cc(/C=N\NC(=O)C2CCCN2S(=O)(=O)c2ccc(Cl)cc2)cc(Cl)c1O. The first-order valence-corrected chi connectivity index (χ1v) is 11.1. The van der Waals surface area contributed by atoms with E-state index in [2.05, 4.69) is 10.5 Å². The van der Waals surface area contributed by atoms with E-state index in [1.54, 1.807) is 0 Å². The first-order valence-electron chi connectivity index (χ1n) is 8.91. The fraction of sp³-hybridized carbons (Fsp3) is 0.263. The predicted octanol–water partition coefficient (Wildman–Crippen LogP) is 3.01. The van der Waals surface area contributed by atoms with Crippen LogP contribution in [0.4, 0.5) is 0 Å². The number of aromatic hydroxyl groups is 1. The number of amides is 1. The van der Waals surface area contributed by atoms with Crippen molar-refractivity contribution in [2.75, 3.05) is 13.7 Å². The average molecular weight is 472 g/mol. The Morgan fingerprint density at radius 2 is 2.00 bits per heavy atom.